The molecule has 7 nitrogen and oxygen atoms in total. The zero-order valence-electron chi connectivity index (χ0n) is 19.2. The molecule has 1 heterocycles. The van der Waals surface area contributed by atoms with Crippen LogP contribution in [0.1, 0.15) is 24.7 Å². The van der Waals surface area contributed by atoms with Crippen molar-refractivity contribution in [1.82, 2.24) is 4.90 Å². The maximum atomic E-state index is 13.7. The molecule has 172 valence electrons. The van der Waals surface area contributed by atoms with E-state index in [1.165, 1.54) is 18.7 Å². The minimum absolute atomic E-state index is 0.238. The summed E-state index contributed by atoms with van der Waals surface area (Å²) in [6.07, 6.45) is -0.962. The van der Waals surface area contributed by atoms with Gasteiger partial charge in [-0.2, -0.15) is 0 Å². The average molecular weight is 459 g/mol. The van der Waals surface area contributed by atoms with Gasteiger partial charge in [-0.1, -0.05) is 12.1 Å². The van der Waals surface area contributed by atoms with Crippen LogP contribution < -0.4 is 14.4 Å². The molecule has 1 amide bonds. The van der Waals surface area contributed by atoms with Crippen LogP contribution in [0.5, 0.6) is 11.5 Å². The van der Waals surface area contributed by atoms with Gasteiger partial charge in [0.25, 0.3) is 5.91 Å². The van der Waals surface area contributed by atoms with Crippen LogP contribution in [0.3, 0.4) is 0 Å². The smallest absolute Gasteiger partial charge is 0.303 e. The van der Waals surface area contributed by atoms with Crippen LogP contribution >= 0.6 is 11.8 Å². The fourth-order valence-corrected chi connectivity index (χ4v) is 4.87. The van der Waals surface area contributed by atoms with Crippen LogP contribution in [-0.4, -0.2) is 63.8 Å². The largest absolute Gasteiger partial charge is 0.497 e. The number of hydrogen-bond donors (Lipinski definition) is 0. The number of fused-ring (bicyclic) bond motifs is 1. The number of rotatable bonds is 8. The molecule has 0 unspecified atom stereocenters. The molecule has 1 aliphatic heterocycles. The minimum Gasteiger partial charge on any atom is -0.497 e. The van der Waals surface area contributed by atoms with Crippen molar-refractivity contribution in [3.05, 3.63) is 48.0 Å². The van der Waals surface area contributed by atoms with Gasteiger partial charge in [0.2, 0.25) is 0 Å². The predicted octanol–water partition coefficient (Wildman–Crippen LogP) is 3.77. The molecule has 2 aromatic rings. The summed E-state index contributed by atoms with van der Waals surface area (Å²) in [6, 6.07) is 13.2. The molecule has 0 fully saturated rings. The summed E-state index contributed by atoms with van der Waals surface area (Å²) < 4.78 is 16.6. The minimum atomic E-state index is -0.962. The predicted molar refractivity (Wildman–Crippen MR) is 126 cm³/mol. The highest BCUT2D eigenvalue weighted by molar-refractivity contribution is 7.99. The molecule has 8 heteroatoms. The number of hydrogen-bond acceptors (Lipinski definition) is 7. The molecule has 0 aromatic heterocycles. The topological polar surface area (TPSA) is 68.3 Å². The molecule has 1 aliphatic rings. The van der Waals surface area contributed by atoms with Crippen LogP contribution in [0.4, 0.5) is 5.69 Å². The number of anilines is 1. The summed E-state index contributed by atoms with van der Waals surface area (Å²) in [6.45, 7) is 4.95. The van der Waals surface area contributed by atoms with Crippen LogP contribution in [0, 0.1) is 0 Å². The van der Waals surface area contributed by atoms with Gasteiger partial charge in [0.05, 0.1) is 24.7 Å². The number of carbonyl (C=O) groups is 2. The first-order valence-corrected chi connectivity index (χ1v) is 11.4. The quantitative estimate of drug-likeness (QED) is 0.558. The number of nitrogens with zero attached hydrogens (tertiary/aromatic N) is 2. The van der Waals surface area contributed by atoms with Crippen molar-refractivity contribution in [2.45, 2.75) is 30.1 Å². The summed E-state index contributed by atoms with van der Waals surface area (Å²) >= 11 is 1.50. The number of methoxy groups -OCH3 is 1. The number of ether oxygens (including phenoxy) is 3. The summed E-state index contributed by atoms with van der Waals surface area (Å²) in [5.74, 6) is 0.724. The second-order valence-electron chi connectivity index (χ2n) is 7.70. The number of likely N-dealkylation sites (N-methyl/N-ethyl adjacent to an activating group) is 1. The Kier molecular flexibility index (Phi) is 8.04. The van der Waals surface area contributed by atoms with Crippen molar-refractivity contribution in [1.29, 1.82) is 0 Å². The first-order valence-electron chi connectivity index (χ1n) is 10.5. The average Bonchev–Trinajstić information content (AvgIpc) is 2.87. The molecule has 2 aromatic carbocycles. The van der Waals surface area contributed by atoms with Crippen molar-refractivity contribution < 1.29 is 23.8 Å². The van der Waals surface area contributed by atoms with Gasteiger partial charge in [0, 0.05) is 24.9 Å². The fourth-order valence-electron chi connectivity index (χ4n) is 3.53. The van der Waals surface area contributed by atoms with Gasteiger partial charge in [-0.15, -0.1) is 11.8 Å². The summed E-state index contributed by atoms with van der Waals surface area (Å²) in [7, 11) is 5.52. The standard InChI is InChI=1S/C24H30N2O5S/c1-6-30-19-11-12-20-21(15-19)32-23(17-7-9-18(29-5)10-8-17)22(31-16(2)27)24(28)26(20)14-13-25(3)4/h7-12,15,22-23H,6,13-14H2,1-5H3/t22-,23+/m1/s1. The van der Waals surface area contributed by atoms with E-state index in [9.17, 15) is 9.59 Å². The molecule has 0 bridgehead atoms. The molecule has 0 spiro atoms. The van der Waals surface area contributed by atoms with Gasteiger partial charge in [-0.3, -0.25) is 9.59 Å². The van der Waals surface area contributed by atoms with E-state index < -0.39 is 17.3 Å². The molecule has 0 radical (unpaired) electrons. The third-order valence-corrected chi connectivity index (χ3v) is 6.43. The summed E-state index contributed by atoms with van der Waals surface area (Å²) in [5.41, 5.74) is 1.66. The molecule has 3 rings (SSSR count). The van der Waals surface area contributed by atoms with Gasteiger partial charge in [0.1, 0.15) is 11.5 Å². The van der Waals surface area contributed by atoms with Crippen LogP contribution in [0.2, 0.25) is 0 Å². The van der Waals surface area contributed by atoms with Gasteiger partial charge in [-0.25, -0.2) is 0 Å². The highest BCUT2D eigenvalue weighted by atomic mass is 32.2. The van der Waals surface area contributed by atoms with Crippen LogP contribution in [0.25, 0.3) is 0 Å². The number of amides is 1. The number of thioether (sulfide) groups is 1. The Morgan fingerprint density at radius 1 is 1.12 bits per heavy atom. The first-order chi connectivity index (χ1) is 15.3. The maximum Gasteiger partial charge on any atom is 0.303 e. The van der Waals surface area contributed by atoms with Gasteiger partial charge >= 0.3 is 5.97 Å². The summed E-state index contributed by atoms with van der Waals surface area (Å²) in [5, 5.41) is -0.419. The number of benzene rings is 2. The molecule has 0 N–H and O–H groups in total. The maximum absolute atomic E-state index is 13.7. The lowest BCUT2D eigenvalue weighted by atomic mass is 10.1. The second kappa shape index (κ2) is 10.7. The Hall–Kier alpha value is -2.71. The number of carbonyl (C=O) groups excluding carboxylic acids is 2. The normalized spacial score (nSPS) is 18.2. The van der Waals surface area contributed by atoms with E-state index in [4.69, 9.17) is 14.2 Å². The van der Waals surface area contributed by atoms with E-state index in [1.54, 1.807) is 12.0 Å². The first kappa shape index (κ1) is 23.9. The van der Waals surface area contributed by atoms with E-state index in [1.807, 2.05) is 68.4 Å². The second-order valence-corrected chi connectivity index (χ2v) is 8.88. The summed E-state index contributed by atoms with van der Waals surface area (Å²) in [4.78, 5) is 30.4. The lowest BCUT2D eigenvalue weighted by Gasteiger charge is -2.28. The number of esters is 1. The molecule has 32 heavy (non-hydrogen) atoms. The van der Waals surface area contributed by atoms with E-state index in [2.05, 4.69) is 0 Å². The van der Waals surface area contributed by atoms with E-state index in [0.717, 1.165) is 27.6 Å². The van der Waals surface area contributed by atoms with Crippen molar-refractivity contribution >= 4 is 29.3 Å². The molecule has 0 aliphatic carbocycles. The Balaban J connectivity index is 2.10. The zero-order valence-corrected chi connectivity index (χ0v) is 20.0. The highest BCUT2D eigenvalue weighted by Crippen LogP contribution is 2.48. The lowest BCUT2D eigenvalue weighted by molar-refractivity contribution is -0.152. The Labute approximate surface area is 193 Å². The third-order valence-electron chi connectivity index (χ3n) is 5.08. The fraction of sp³-hybridized carbons (Fsp3) is 0.417. The molecule has 0 saturated heterocycles. The highest BCUT2D eigenvalue weighted by Gasteiger charge is 2.41. The zero-order chi connectivity index (χ0) is 23.3. The monoisotopic (exact) mass is 458 g/mol. The molecular formula is C24H30N2O5S. The van der Waals surface area contributed by atoms with E-state index in [0.29, 0.717) is 19.7 Å². The van der Waals surface area contributed by atoms with Crippen molar-refractivity contribution in [3.63, 3.8) is 0 Å². The van der Waals surface area contributed by atoms with E-state index in [-0.39, 0.29) is 5.91 Å². The molecular weight excluding hydrogens is 428 g/mol. The van der Waals surface area contributed by atoms with Crippen molar-refractivity contribution in [3.8, 4) is 11.5 Å². The van der Waals surface area contributed by atoms with Crippen LogP contribution in [0.15, 0.2) is 47.4 Å². The molecule has 0 saturated carbocycles. The van der Waals surface area contributed by atoms with Crippen LogP contribution in [-0.2, 0) is 14.3 Å². The lowest BCUT2D eigenvalue weighted by Crippen LogP contribution is -2.45. The Morgan fingerprint density at radius 3 is 2.41 bits per heavy atom. The Bertz CT molecular complexity index is 948. The van der Waals surface area contributed by atoms with Gasteiger partial charge < -0.3 is 24.0 Å². The molecule has 2 atom stereocenters. The van der Waals surface area contributed by atoms with Crippen molar-refractivity contribution in [2.24, 2.45) is 0 Å². The SMILES string of the molecule is CCOc1ccc2c(c1)S[C@@H](c1ccc(OC)cc1)[C@@H](OC(C)=O)C(=O)N2CCN(C)C. The van der Waals surface area contributed by atoms with Gasteiger partial charge in [-0.05, 0) is 56.9 Å². The Morgan fingerprint density at radius 2 is 1.81 bits per heavy atom. The van der Waals surface area contributed by atoms with Gasteiger partial charge in [0.15, 0.2) is 6.10 Å². The third kappa shape index (κ3) is 5.55. The van der Waals surface area contributed by atoms with Crippen molar-refractivity contribution in [2.75, 3.05) is 45.8 Å². The van der Waals surface area contributed by atoms with E-state index >= 15 is 0 Å².